The van der Waals surface area contributed by atoms with Crippen LogP contribution in [0, 0.1) is 17.5 Å². The molecule has 0 radical (unpaired) electrons. The third kappa shape index (κ3) is 4.16. The molecule has 7 heteroatoms. The van der Waals surface area contributed by atoms with Crippen LogP contribution in [0.1, 0.15) is 15.9 Å². The molecule has 2 aromatic rings. The number of ether oxygens (including phenoxy) is 1. The summed E-state index contributed by atoms with van der Waals surface area (Å²) in [5.41, 5.74) is 0.823. The molecular formula is C19H19F3N2O2. The summed E-state index contributed by atoms with van der Waals surface area (Å²) >= 11 is 0. The van der Waals surface area contributed by atoms with Crippen molar-refractivity contribution in [2.45, 2.75) is 6.54 Å². The average Bonchev–Trinajstić information content (AvgIpc) is 2.61. The molecule has 3 rings (SSSR count). The first-order valence-electron chi connectivity index (χ1n) is 8.26. The smallest absolute Gasteiger partial charge is 0.254 e. The van der Waals surface area contributed by atoms with Crippen LogP contribution in [0.2, 0.25) is 0 Å². The average molecular weight is 364 g/mol. The van der Waals surface area contributed by atoms with E-state index in [-0.39, 0.29) is 11.3 Å². The van der Waals surface area contributed by atoms with Gasteiger partial charge in [-0.15, -0.1) is 0 Å². The van der Waals surface area contributed by atoms with Gasteiger partial charge < -0.3 is 9.64 Å². The fourth-order valence-electron chi connectivity index (χ4n) is 3.04. The fourth-order valence-corrected chi connectivity index (χ4v) is 3.04. The lowest BCUT2D eigenvalue weighted by molar-refractivity contribution is 0.0627. The van der Waals surface area contributed by atoms with E-state index in [0.29, 0.717) is 32.7 Å². The highest BCUT2D eigenvalue weighted by molar-refractivity contribution is 5.94. The van der Waals surface area contributed by atoms with E-state index in [4.69, 9.17) is 4.74 Å². The lowest BCUT2D eigenvalue weighted by atomic mass is 10.1. The van der Waals surface area contributed by atoms with Crippen LogP contribution >= 0.6 is 0 Å². The topological polar surface area (TPSA) is 32.8 Å². The van der Waals surface area contributed by atoms with Crippen LogP contribution in [0.25, 0.3) is 0 Å². The molecule has 0 unspecified atom stereocenters. The first-order chi connectivity index (χ1) is 12.5. The highest BCUT2D eigenvalue weighted by Crippen LogP contribution is 2.19. The van der Waals surface area contributed by atoms with Crippen LogP contribution in [0.5, 0.6) is 5.75 Å². The summed E-state index contributed by atoms with van der Waals surface area (Å²) in [7, 11) is 1.42. The summed E-state index contributed by atoms with van der Waals surface area (Å²) in [6.45, 7) is 2.62. The third-order valence-corrected chi connectivity index (χ3v) is 4.39. The van der Waals surface area contributed by atoms with E-state index in [1.807, 2.05) is 0 Å². The zero-order chi connectivity index (χ0) is 18.7. The minimum atomic E-state index is -0.770. The highest BCUT2D eigenvalue weighted by atomic mass is 19.1. The Morgan fingerprint density at radius 2 is 1.65 bits per heavy atom. The second-order valence-electron chi connectivity index (χ2n) is 6.20. The van der Waals surface area contributed by atoms with E-state index >= 15 is 0 Å². The number of amides is 1. The molecule has 0 saturated carbocycles. The number of halogens is 3. The van der Waals surface area contributed by atoms with Gasteiger partial charge in [0.1, 0.15) is 11.6 Å². The zero-order valence-electron chi connectivity index (χ0n) is 14.3. The monoisotopic (exact) mass is 364 g/mol. The molecule has 1 amide bonds. The summed E-state index contributed by atoms with van der Waals surface area (Å²) in [6, 6.07) is 7.64. The van der Waals surface area contributed by atoms with Gasteiger partial charge in [0, 0.05) is 44.4 Å². The molecule has 0 aromatic heterocycles. The fraction of sp³-hybridized carbons (Fsp3) is 0.316. The first kappa shape index (κ1) is 18.3. The molecule has 1 aliphatic rings. The summed E-state index contributed by atoms with van der Waals surface area (Å²) in [4.78, 5) is 16.1. The zero-order valence-corrected chi connectivity index (χ0v) is 14.3. The minimum Gasteiger partial charge on any atom is -0.494 e. The van der Waals surface area contributed by atoms with Crippen molar-refractivity contribution in [2.24, 2.45) is 0 Å². The van der Waals surface area contributed by atoms with Crippen LogP contribution < -0.4 is 4.74 Å². The normalized spacial score (nSPS) is 15.2. The molecule has 1 heterocycles. The third-order valence-electron chi connectivity index (χ3n) is 4.39. The van der Waals surface area contributed by atoms with E-state index in [2.05, 4.69) is 4.90 Å². The van der Waals surface area contributed by atoms with Crippen molar-refractivity contribution >= 4 is 5.91 Å². The number of piperazine rings is 1. The van der Waals surface area contributed by atoms with Crippen molar-refractivity contribution in [3.05, 3.63) is 65.0 Å². The Hall–Kier alpha value is -2.54. The van der Waals surface area contributed by atoms with E-state index in [9.17, 15) is 18.0 Å². The molecule has 0 spiro atoms. The molecule has 4 nitrogen and oxygen atoms in total. The lowest BCUT2D eigenvalue weighted by Crippen LogP contribution is -2.48. The number of benzene rings is 2. The Balaban J connectivity index is 1.58. The van der Waals surface area contributed by atoms with Crippen molar-refractivity contribution in [1.29, 1.82) is 0 Å². The Bertz CT molecular complexity index is 785. The van der Waals surface area contributed by atoms with Gasteiger partial charge >= 0.3 is 0 Å². The molecular weight excluding hydrogens is 345 g/mol. The number of hydrogen-bond donors (Lipinski definition) is 0. The van der Waals surface area contributed by atoms with Gasteiger partial charge in [-0.3, -0.25) is 9.69 Å². The largest absolute Gasteiger partial charge is 0.494 e. The minimum absolute atomic E-state index is 0.00757. The van der Waals surface area contributed by atoms with Gasteiger partial charge in [-0.25, -0.2) is 13.2 Å². The molecule has 138 valence electrons. The van der Waals surface area contributed by atoms with Crippen molar-refractivity contribution in [3.63, 3.8) is 0 Å². The van der Waals surface area contributed by atoms with Gasteiger partial charge in [-0.1, -0.05) is 6.07 Å². The van der Waals surface area contributed by atoms with Crippen molar-refractivity contribution in [2.75, 3.05) is 33.3 Å². The number of rotatable bonds is 4. The Kier molecular flexibility index (Phi) is 5.46. The lowest BCUT2D eigenvalue weighted by Gasteiger charge is -2.34. The van der Waals surface area contributed by atoms with Gasteiger partial charge in [-0.05, 0) is 29.8 Å². The van der Waals surface area contributed by atoms with Gasteiger partial charge in [0.15, 0.2) is 11.6 Å². The maximum atomic E-state index is 13.8. The number of carbonyl (C=O) groups is 1. The quantitative estimate of drug-likeness (QED) is 0.836. The van der Waals surface area contributed by atoms with Crippen LogP contribution in [-0.2, 0) is 6.54 Å². The molecule has 0 bridgehead atoms. The Morgan fingerprint density at radius 3 is 2.23 bits per heavy atom. The second kappa shape index (κ2) is 7.78. The summed E-state index contributed by atoms with van der Waals surface area (Å²) in [6.07, 6.45) is 0. The van der Waals surface area contributed by atoms with Gasteiger partial charge in [-0.2, -0.15) is 0 Å². The molecule has 1 aliphatic heterocycles. The van der Waals surface area contributed by atoms with Crippen LogP contribution in [0.15, 0.2) is 36.4 Å². The number of hydrogen-bond acceptors (Lipinski definition) is 3. The Morgan fingerprint density at radius 1 is 1.00 bits per heavy atom. The van der Waals surface area contributed by atoms with E-state index in [1.54, 1.807) is 17.0 Å². The van der Waals surface area contributed by atoms with Gasteiger partial charge in [0.2, 0.25) is 0 Å². The maximum Gasteiger partial charge on any atom is 0.254 e. The van der Waals surface area contributed by atoms with E-state index in [1.165, 1.54) is 13.2 Å². The van der Waals surface area contributed by atoms with Crippen LogP contribution in [0.4, 0.5) is 13.2 Å². The van der Waals surface area contributed by atoms with Gasteiger partial charge in [0.25, 0.3) is 5.91 Å². The van der Waals surface area contributed by atoms with Crippen molar-refractivity contribution in [1.82, 2.24) is 9.80 Å². The summed E-state index contributed by atoms with van der Waals surface area (Å²) < 4.78 is 45.2. The number of carbonyl (C=O) groups excluding carboxylic acids is 1. The number of nitrogens with zero attached hydrogens (tertiary/aromatic N) is 2. The van der Waals surface area contributed by atoms with Crippen LogP contribution in [-0.4, -0.2) is 49.0 Å². The second-order valence-corrected chi connectivity index (χ2v) is 6.20. The van der Waals surface area contributed by atoms with Crippen LogP contribution in [0.3, 0.4) is 0 Å². The predicted molar refractivity (Wildman–Crippen MR) is 90.5 cm³/mol. The molecule has 2 aromatic carbocycles. The van der Waals surface area contributed by atoms with Crippen molar-refractivity contribution in [3.8, 4) is 5.75 Å². The predicted octanol–water partition coefficient (Wildman–Crippen LogP) is 3.07. The van der Waals surface area contributed by atoms with Gasteiger partial charge in [0.05, 0.1) is 7.11 Å². The number of methoxy groups -OCH3 is 1. The molecule has 0 N–H and O–H groups in total. The SMILES string of the molecule is COc1ccc(CN2CCN(C(=O)c3cc(F)cc(F)c3)CC2)cc1F. The first-order valence-corrected chi connectivity index (χ1v) is 8.26. The molecule has 0 atom stereocenters. The maximum absolute atomic E-state index is 13.8. The molecule has 26 heavy (non-hydrogen) atoms. The molecule has 1 fully saturated rings. The van der Waals surface area contributed by atoms with E-state index < -0.39 is 23.4 Å². The standard InChI is InChI=1S/C19H19F3N2O2/c1-26-18-3-2-13(8-17(18)22)12-23-4-6-24(7-5-23)19(25)14-9-15(20)11-16(21)10-14/h2-3,8-11H,4-7,12H2,1H3. The van der Waals surface area contributed by atoms with Crippen molar-refractivity contribution < 1.29 is 22.7 Å². The summed E-state index contributed by atoms with van der Waals surface area (Å²) in [5.74, 6) is -2.14. The highest BCUT2D eigenvalue weighted by Gasteiger charge is 2.23. The molecule has 1 saturated heterocycles. The van der Waals surface area contributed by atoms with E-state index in [0.717, 1.165) is 23.8 Å². The Labute approximate surface area is 149 Å². The summed E-state index contributed by atoms with van der Waals surface area (Å²) in [5, 5.41) is 0. The molecule has 0 aliphatic carbocycles.